The zero-order chi connectivity index (χ0) is 14.5. The molecule has 0 heterocycles. The van der Waals surface area contributed by atoms with Gasteiger partial charge in [0.05, 0.1) is 17.2 Å². The van der Waals surface area contributed by atoms with E-state index in [1.807, 2.05) is 6.07 Å². The summed E-state index contributed by atoms with van der Waals surface area (Å²) in [7, 11) is 0. The van der Waals surface area contributed by atoms with Crippen molar-refractivity contribution in [3.8, 4) is 6.07 Å². The van der Waals surface area contributed by atoms with Crippen LogP contribution in [0.15, 0.2) is 42.5 Å². The number of ether oxygens (including phenoxy) is 1. The number of benzene rings is 2. The number of esters is 1. The van der Waals surface area contributed by atoms with E-state index in [0.29, 0.717) is 11.1 Å². The minimum Gasteiger partial charge on any atom is -0.457 e. The first kappa shape index (κ1) is 13.6. The maximum absolute atomic E-state index is 13.5. The summed E-state index contributed by atoms with van der Waals surface area (Å²) in [5, 5.41) is 8.91. The Balaban J connectivity index is 2.11. The smallest absolute Gasteiger partial charge is 0.341 e. The Morgan fingerprint density at radius 3 is 2.75 bits per heavy atom. The van der Waals surface area contributed by atoms with E-state index in [0.717, 1.165) is 6.07 Å². The molecular formula is C15H11FN2O2. The summed E-state index contributed by atoms with van der Waals surface area (Å²) in [5.74, 6) is -1.53. The van der Waals surface area contributed by atoms with E-state index in [1.54, 1.807) is 24.3 Å². The summed E-state index contributed by atoms with van der Waals surface area (Å²) in [6, 6.07) is 12.5. The number of nitriles is 1. The number of nitrogen functional groups attached to an aromatic ring is 1. The summed E-state index contributed by atoms with van der Waals surface area (Å²) in [6.45, 7) is -0.0909. The van der Waals surface area contributed by atoms with Crippen LogP contribution in [0.3, 0.4) is 0 Å². The third kappa shape index (κ3) is 2.93. The average molecular weight is 270 g/mol. The Kier molecular flexibility index (Phi) is 3.96. The van der Waals surface area contributed by atoms with Gasteiger partial charge in [-0.05, 0) is 24.3 Å². The molecule has 0 saturated heterocycles. The predicted molar refractivity (Wildman–Crippen MR) is 71.1 cm³/mol. The molecule has 2 rings (SSSR count). The van der Waals surface area contributed by atoms with Crippen LogP contribution in [0.1, 0.15) is 21.5 Å². The Morgan fingerprint density at radius 2 is 2.05 bits per heavy atom. The topological polar surface area (TPSA) is 76.1 Å². The molecule has 100 valence electrons. The molecule has 2 aromatic rings. The van der Waals surface area contributed by atoms with Gasteiger partial charge < -0.3 is 10.5 Å². The van der Waals surface area contributed by atoms with Gasteiger partial charge in [-0.3, -0.25) is 0 Å². The van der Waals surface area contributed by atoms with E-state index in [1.165, 1.54) is 12.1 Å². The number of hydrogen-bond acceptors (Lipinski definition) is 4. The van der Waals surface area contributed by atoms with Crippen molar-refractivity contribution in [2.45, 2.75) is 6.61 Å². The second-order valence-corrected chi connectivity index (χ2v) is 4.08. The van der Waals surface area contributed by atoms with Crippen LogP contribution in [-0.4, -0.2) is 5.97 Å². The molecule has 0 radical (unpaired) electrons. The van der Waals surface area contributed by atoms with Gasteiger partial charge in [-0.2, -0.15) is 5.26 Å². The van der Waals surface area contributed by atoms with E-state index in [-0.39, 0.29) is 17.9 Å². The highest BCUT2D eigenvalue weighted by molar-refractivity contribution is 5.90. The van der Waals surface area contributed by atoms with Gasteiger partial charge in [-0.15, -0.1) is 0 Å². The molecule has 0 aliphatic rings. The number of nitrogens with zero attached hydrogens (tertiary/aromatic N) is 1. The zero-order valence-corrected chi connectivity index (χ0v) is 10.5. The lowest BCUT2D eigenvalue weighted by molar-refractivity contribution is 0.0467. The molecule has 20 heavy (non-hydrogen) atoms. The van der Waals surface area contributed by atoms with Crippen molar-refractivity contribution in [1.82, 2.24) is 0 Å². The highest BCUT2D eigenvalue weighted by atomic mass is 19.1. The standard InChI is InChI=1S/C15H11FN2O2/c16-14-7-12(18)5-6-13(14)15(19)20-9-11-4-2-1-3-10(11)8-17/h1-7H,9,18H2. The zero-order valence-electron chi connectivity index (χ0n) is 10.5. The molecule has 5 heteroatoms. The minimum absolute atomic E-state index is 0.0909. The normalized spacial score (nSPS) is 9.80. The van der Waals surface area contributed by atoms with Gasteiger partial charge in [0.2, 0.25) is 0 Å². The molecule has 2 aromatic carbocycles. The van der Waals surface area contributed by atoms with Crippen LogP contribution in [0.25, 0.3) is 0 Å². The van der Waals surface area contributed by atoms with Crippen LogP contribution in [0.5, 0.6) is 0 Å². The van der Waals surface area contributed by atoms with Crippen LogP contribution in [0.2, 0.25) is 0 Å². The summed E-state index contributed by atoms with van der Waals surface area (Å²) < 4.78 is 18.5. The molecule has 0 saturated carbocycles. The van der Waals surface area contributed by atoms with E-state index in [2.05, 4.69) is 0 Å². The van der Waals surface area contributed by atoms with E-state index < -0.39 is 11.8 Å². The van der Waals surface area contributed by atoms with Crippen molar-refractivity contribution in [3.05, 3.63) is 65.0 Å². The molecule has 2 N–H and O–H groups in total. The largest absolute Gasteiger partial charge is 0.457 e. The van der Waals surface area contributed by atoms with Crippen LogP contribution in [0, 0.1) is 17.1 Å². The maximum Gasteiger partial charge on any atom is 0.341 e. The fourth-order valence-corrected chi connectivity index (χ4v) is 1.67. The van der Waals surface area contributed by atoms with Crippen molar-refractivity contribution >= 4 is 11.7 Å². The highest BCUT2D eigenvalue weighted by Crippen LogP contribution is 2.15. The summed E-state index contributed by atoms with van der Waals surface area (Å²) in [5.41, 5.74) is 6.43. The Morgan fingerprint density at radius 1 is 1.30 bits per heavy atom. The van der Waals surface area contributed by atoms with Crippen molar-refractivity contribution in [1.29, 1.82) is 5.26 Å². The molecule has 0 spiro atoms. The second kappa shape index (κ2) is 5.85. The Bertz CT molecular complexity index is 693. The van der Waals surface area contributed by atoms with Gasteiger partial charge in [-0.1, -0.05) is 18.2 Å². The number of rotatable bonds is 3. The first-order valence-electron chi connectivity index (χ1n) is 5.82. The Labute approximate surface area is 115 Å². The number of anilines is 1. The van der Waals surface area contributed by atoms with E-state index in [4.69, 9.17) is 15.7 Å². The number of carbonyl (C=O) groups is 1. The molecule has 0 aliphatic carbocycles. The van der Waals surface area contributed by atoms with E-state index >= 15 is 0 Å². The average Bonchev–Trinajstić information content (AvgIpc) is 2.45. The molecule has 0 unspecified atom stereocenters. The fourth-order valence-electron chi connectivity index (χ4n) is 1.67. The molecule has 0 aliphatic heterocycles. The molecule has 0 fully saturated rings. The number of nitrogens with two attached hydrogens (primary N) is 1. The maximum atomic E-state index is 13.5. The molecular weight excluding hydrogens is 259 g/mol. The third-order valence-electron chi connectivity index (χ3n) is 2.71. The van der Waals surface area contributed by atoms with Crippen molar-refractivity contribution in [2.75, 3.05) is 5.73 Å². The summed E-state index contributed by atoms with van der Waals surface area (Å²) in [6.07, 6.45) is 0. The van der Waals surface area contributed by atoms with E-state index in [9.17, 15) is 9.18 Å². The molecule has 0 aromatic heterocycles. The predicted octanol–water partition coefficient (Wildman–Crippen LogP) is 2.64. The lowest BCUT2D eigenvalue weighted by Crippen LogP contribution is -2.08. The highest BCUT2D eigenvalue weighted by Gasteiger charge is 2.14. The van der Waals surface area contributed by atoms with Gasteiger partial charge in [0.1, 0.15) is 12.4 Å². The SMILES string of the molecule is N#Cc1ccccc1COC(=O)c1ccc(N)cc1F. The number of hydrogen-bond donors (Lipinski definition) is 1. The van der Waals surface area contributed by atoms with Crippen LogP contribution >= 0.6 is 0 Å². The second-order valence-electron chi connectivity index (χ2n) is 4.08. The molecule has 0 amide bonds. The van der Waals surface area contributed by atoms with Crippen LogP contribution in [0.4, 0.5) is 10.1 Å². The lowest BCUT2D eigenvalue weighted by atomic mass is 10.1. The monoisotopic (exact) mass is 270 g/mol. The van der Waals surface area contributed by atoms with Gasteiger partial charge in [-0.25, -0.2) is 9.18 Å². The first-order valence-corrected chi connectivity index (χ1v) is 5.82. The van der Waals surface area contributed by atoms with Gasteiger partial charge >= 0.3 is 5.97 Å². The van der Waals surface area contributed by atoms with Crippen LogP contribution < -0.4 is 5.73 Å². The van der Waals surface area contributed by atoms with Gasteiger partial charge in [0, 0.05) is 11.3 Å². The number of halogens is 1. The van der Waals surface area contributed by atoms with Crippen molar-refractivity contribution in [2.24, 2.45) is 0 Å². The van der Waals surface area contributed by atoms with Crippen molar-refractivity contribution < 1.29 is 13.9 Å². The minimum atomic E-state index is -0.796. The Hall–Kier alpha value is -2.87. The lowest BCUT2D eigenvalue weighted by Gasteiger charge is -2.07. The third-order valence-corrected chi connectivity index (χ3v) is 2.71. The molecule has 0 bridgehead atoms. The van der Waals surface area contributed by atoms with Gasteiger partial charge in [0.25, 0.3) is 0 Å². The van der Waals surface area contributed by atoms with Crippen LogP contribution in [-0.2, 0) is 11.3 Å². The number of carbonyl (C=O) groups excluding carboxylic acids is 1. The first-order chi connectivity index (χ1) is 9.61. The van der Waals surface area contributed by atoms with Gasteiger partial charge in [0.15, 0.2) is 0 Å². The van der Waals surface area contributed by atoms with Crippen molar-refractivity contribution in [3.63, 3.8) is 0 Å². The fraction of sp³-hybridized carbons (Fsp3) is 0.0667. The molecule has 4 nitrogen and oxygen atoms in total. The quantitative estimate of drug-likeness (QED) is 0.687. The summed E-state index contributed by atoms with van der Waals surface area (Å²) >= 11 is 0. The summed E-state index contributed by atoms with van der Waals surface area (Å²) in [4.78, 5) is 11.8. The molecule has 0 atom stereocenters.